The molecule has 0 N–H and O–H groups in total. The van der Waals surface area contributed by atoms with E-state index in [0.717, 1.165) is 3.39 Å². The molecule has 1 aliphatic rings. The third-order valence-electron chi connectivity index (χ3n) is 2.43. The Balaban J connectivity index is 2.92. The van der Waals surface area contributed by atoms with Gasteiger partial charge < -0.3 is 9.47 Å². The Morgan fingerprint density at radius 3 is 2.44 bits per heavy atom. The lowest BCUT2D eigenvalue weighted by Gasteiger charge is -2.34. The molecular formula is C12H19Br2NO3. The number of hydrogen-bond donors (Lipinski definition) is 0. The Kier molecular flexibility index (Phi) is 4.89. The van der Waals surface area contributed by atoms with Gasteiger partial charge in [-0.25, -0.2) is 4.79 Å². The van der Waals surface area contributed by atoms with Crippen LogP contribution in [-0.4, -0.2) is 35.0 Å². The first-order valence-corrected chi connectivity index (χ1v) is 7.30. The smallest absolute Gasteiger partial charge is 0.413 e. The molecule has 1 atom stereocenters. The first-order chi connectivity index (χ1) is 8.03. The Morgan fingerprint density at radius 1 is 1.44 bits per heavy atom. The van der Waals surface area contributed by atoms with E-state index in [0.29, 0.717) is 6.61 Å². The van der Waals surface area contributed by atoms with Crippen molar-refractivity contribution in [2.24, 2.45) is 0 Å². The second-order valence-corrected chi connectivity index (χ2v) is 8.40. The summed E-state index contributed by atoms with van der Waals surface area (Å²) in [6.45, 7) is 9.70. The van der Waals surface area contributed by atoms with Crippen molar-refractivity contribution in [3.63, 3.8) is 0 Å². The summed E-state index contributed by atoms with van der Waals surface area (Å²) in [7, 11) is 0. The van der Waals surface area contributed by atoms with Gasteiger partial charge in [-0.1, -0.05) is 0 Å². The van der Waals surface area contributed by atoms with Gasteiger partial charge in [-0.2, -0.15) is 0 Å². The first kappa shape index (κ1) is 16.0. The number of halogens is 2. The van der Waals surface area contributed by atoms with E-state index in [4.69, 9.17) is 9.47 Å². The highest BCUT2D eigenvalue weighted by molar-refractivity contribution is 9.28. The maximum Gasteiger partial charge on any atom is 0.413 e. The predicted octanol–water partition coefficient (Wildman–Crippen LogP) is 3.99. The molecule has 104 valence electrons. The summed E-state index contributed by atoms with van der Waals surface area (Å²) in [4.78, 5) is 13.8. The molecule has 0 aromatic rings. The van der Waals surface area contributed by atoms with Crippen LogP contribution in [0, 0.1) is 0 Å². The van der Waals surface area contributed by atoms with Crippen molar-refractivity contribution in [1.29, 1.82) is 0 Å². The zero-order valence-electron chi connectivity index (χ0n) is 11.3. The zero-order valence-corrected chi connectivity index (χ0v) is 14.5. The summed E-state index contributed by atoms with van der Waals surface area (Å²) in [5.41, 5.74) is -1.19. The maximum atomic E-state index is 12.2. The molecule has 6 heteroatoms. The third kappa shape index (κ3) is 4.24. The molecule has 1 heterocycles. The Hall–Kier alpha value is -0.0700. The third-order valence-corrected chi connectivity index (χ3v) is 2.96. The van der Waals surface area contributed by atoms with E-state index in [9.17, 15) is 4.79 Å². The Bertz CT molecular complexity index is 357. The molecular weight excluding hydrogens is 366 g/mol. The number of nitrogens with zero attached hydrogens (tertiary/aromatic N) is 1. The Labute approximate surface area is 125 Å². The molecule has 0 aromatic heterocycles. The van der Waals surface area contributed by atoms with Crippen molar-refractivity contribution >= 4 is 38.0 Å². The van der Waals surface area contributed by atoms with Crippen LogP contribution in [-0.2, 0) is 9.47 Å². The van der Waals surface area contributed by atoms with Gasteiger partial charge in [-0.15, -0.1) is 0 Å². The van der Waals surface area contributed by atoms with Gasteiger partial charge in [0.25, 0.3) is 0 Å². The number of carbonyl (C=O) groups excluding carboxylic acids is 1. The molecule has 1 saturated heterocycles. The SMILES string of the molecule is CC(C)(C)OC(=O)N1[C@H](C=C(Br)Br)COC1(C)C. The summed E-state index contributed by atoms with van der Waals surface area (Å²) in [5.74, 6) is 0. The molecule has 0 bridgehead atoms. The lowest BCUT2D eigenvalue weighted by atomic mass is 10.2. The number of carbonyl (C=O) groups is 1. The topological polar surface area (TPSA) is 38.8 Å². The van der Waals surface area contributed by atoms with E-state index in [1.54, 1.807) is 4.90 Å². The Morgan fingerprint density at radius 2 is 2.00 bits per heavy atom. The largest absolute Gasteiger partial charge is 0.444 e. The van der Waals surface area contributed by atoms with Gasteiger partial charge in [0.15, 0.2) is 0 Å². The fourth-order valence-corrected chi connectivity index (χ4v) is 2.38. The number of amides is 1. The molecule has 1 fully saturated rings. The fraction of sp³-hybridized carbons (Fsp3) is 0.750. The maximum absolute atomic E-state index is 12.2. The fourth-order valence-electron chi connectivity index (χ4n) is 1.77. The molecule has 0 radical (unpaired) electrons. The van der Waals surface area contributed by atoms with Gasteiger partial charge in [0.2, 0.25) is 0 Å². The molecule has 0 saturated carbocycles. The molecule has 1 aliphatic heterocycles. The van der Waals surface area contributed by atoms with E-state index in [1.807, 2.05) is 40.7 Å². The molecule has 18 heavy (non-hydrogen) atoms. The summed E-state index contributed by atoms with van der Waals surface area (Å²) in [6.07, 6.45) is 1.51. The van der Waals surface area contributed by atoms with Gasteiger partial charge in [0.05, 0.1) is 16.0 Å². The van der Waals surface area contributed by atoms with Crippen LogP contribution < -0.4 is 0 Å². The van der Waals surface area contributed by atoms with E-state index in [-0.39, 0.29) is 12.1 Å². The van der Waals surface area contributed by atoms with Crippen molar-refractivity contribution in [2.75, 3.05) is 6.61 Å². The van der Waals surface area contributed by atoms with Crippen molar-refractivity contribution in [3.05, 3.63) is 9.47 Å². The van der Waals surface area contributed by atoms with Gasteiger partial charge in [-0.3, -0.25) is 4.90 Å². The average Bonchev–Trinajstić information content (AvgIpc) is 2.36. The highest BCUT2D eigenvalue weighted by Gasteiger charge is 2.44. The van der Waals surface area contributed by atoms with Gasteiger partial charge in [0.1, 0.15) is 11.3 Å². The van der Waals surface area contributed by atoms with Gasteiger partial charge >= 0.3 is 6.09 Å². The molecule has 1 amide bonds. The second-order valence-electron chi connectivity index (χ2n) is 5.63. The molecule has 4 nitrogen and oxygen atoms in total. The van der Waals surface area contributed by atoms with Crippen molar-refractivity contribution in [1.82, 2.24) is 4.90 Å². The first-order valence-electron chi connectivity index (χ1n) is 5.72. The van der Waals surface area contributed by atoms with Gasteiger partial charge in [-0.05, 0) is 72.6 Å². The quantitative estimate of drug-likeness (QED) is 0.686. The van der Waals surface area contributed by atoms with Crippen LogP contribution in [0.4, 0.5) is 4.79 Å². The summed E-state index contributed by atoms with van der Waals surface area (Å²) in [5, 5.41) is 0. The van der Waals surface area contributed by atoms with Crippen LogP contribution in [0.5, 0.6) is 0 Å². The van der Waals surface area contributed by atoms with Crippen molar-refractivity contribution < 1.29 is 14.3 Å². The van der Waals surface area contributed by atoms with Crippen molar-refractivity contribution in [2.45, 2.75) is 52.0 Å². The minimum absolute atomic E-state index is 0.149. The van der Waals surface area contributed by atoms with E-state index in [1.165, 1.54) is 0 Å². The summed E-state index contributed by atoms with van der Waals surface area (Å²) < 4.78 is 11.8. The van der Waals surface area contributed by atoms with Crippen LogP contribution in [0.2, 0.25) is 0 Å². The summed E-state index contributed by atoms with van der Waals surface area (Å²) >= 11 is 6.61. The monoisotopic (exact) mass is 383 g/mol. The minimum atomic E-state index is -0.668. The average molecular weight is 385 g/mol. The minimum Gasteiger partial charge on any atom is -0.444 e. The lowest BCUT2D eigenvalue weighted by Crippen LogP contribution is -2.49. The predicted molar refractivity (Wildman–Crippen MR) is 77.8 cm³/mol. The molecule has 0 aliphatic carbocycles. The van der Waals surface area contributed by atoms with E-state index < -0.39 is 11.3 Å². The van der Waals surface area contributed by atoms with E-state index >= 15 is 0 Å². The van der Waals surface area contributed by atoms with Crippen LogP contribution in [0.25, 0.3) is 0 Å². The zero-order chi connectivity index (χ0) is 14.1. The number of hydrogen-bond acceptors (Lipinski definition) is 3. The standard InChI is InChI=1S/C12H19Br2NO3/c1-11(2,3)18-10(16)15-8(6-9(13)14)7-17-12(15,4)5/h6,8H,7H2,1-5H3/t8-/m1/s1. The van der Waals surface area contributed by atoms with Crippen LogP contribution in [0.3, 0.4) is 0 Å². The molecule has 0 spiro atoms. The highest BCUT2D eigenvalue weighted by atomic mass is 79.9. The van der Waals surface area contributed by atoms with Crippen LogP contribution >= 0.6 is 31.9 Å². The molecule has 1 rings (SSSR count). The van der Waals surface area contributed by atoms with E-state index in [2.05, 4.69) is 31.9 Å². The molecule has 0 unspecified atom stereocenters. The molecule has 0 aromatic carbocycles. The number of ether oxygens (including phenoxy) is 2. The number of rotatable bonds is 1. The summed E-state index contributed by atoms with van der Waals surface area (Å²) in [6, 6.07) is -0.149. The van der Waals surface area contributed by atoms with Crippen molar-refractivity contribution in [3.8, 4) is 0 Å². The van der Waals surface area contributed by atoms with Gasteiger partial charge in [0, 0.05) is 0 Å². The lowest BCUT2D eigenvalue weighted by molar-refractivity contribution is -0.0610. The second kappa shape index (κ2) is 5.51. The van der Waals surface area contributed by atoms with Crippen LogP contribution in [0.15, 0.2) is 9.47 Å². The highest BCUT2D eigenvalue weighted by Crippen LogP contribution is 2.31. The normalized spacial score (nSPS) is 22.8. The van der Waals surface area contributed by atoms with Crippen LogP contribution in [0.1, 0.15) is 34.6 Å².